The van der Waals surface area contributed by atoms with Gasteiger partial charge in [-0.2, -0.15) is 0 Å². The van der Waals surface area contributed by atoms with E-state index in [2.05, 4.69) is 24.4 Å². The Hall–Kier alpha value is -1.78. The summed E-state index contributed by atoms with van der Waals surface area (Å²) in [4.78, 5) is 1.17. The van der Waals surface area contributed by atoms with Gasteiger partial charge in [0.05, 0.1) is 6.04 Å². The van der Waals surface area contributed by atoms with Gasteiger partial charge in [0.25, 0.3) is 0 Å². The minimum atomic E-state index is 0.161. The molecule has 3 aromatic rings. The summed E-state index contributed by atoms with van der Waals surface area (Å²) in [5, 5.41) is 6.59. The van der Waals surface area contributed by atoms with Crippen molar-refractivity contribution in [2.75, 3.05) is 5.73 Å². The van der Waals surface area contributed by atoms with Crippen LogP contribution in [0.4, 0.5) is 5.69 Å². The highest BCUT2D eigenvalue weighted by atomic mass is 32.1. The fourth-order valence-corrected chi connectivity index (χ4v) is 2.81. The molecule has 0 radical (unpaired) electrons. The predicted molar refractivity (Wildman–Crippen MR) is 80.2 cm³/mol. The molecule has 3 N–H and O–H groups in total. The number of hydrogen-bond acceptors (Lipinski definition) is 4. The minimum Gasteiger partial charge on any atom is -0.459 e. The van der Waals surface area contributed by atoms with Crippen LogP contribution in [0.1, 0.15) is 23.6 Å². The van der Waals surface area contributed by atoms with E-state index >= 15 is 0 Å². The maximum atomic E-state index is 5.87. The average molecular weight is 272 g/mol. The topological polar surface area (TPSA) is 51.2 Å². The van der Waals surface area contributed by atoms with Crippen LogP contribution in [-0.4, -0.2) is 0 Å². The molecule has 0 amide bonds. The van der Waals surface area contributed by atoms with Crippen molar-refractivity contribution in [3.63, 3.8) is 0 Å². The van der Waals surface area contributed by atoms with Gasteiger partial charge < -0.3 is 15.5 Å². The largest absolute Gasteiger partial charge is 0.459 e. The lowest BCUT2D eigenvalue weighted by molar-refractivity contribution is 0.452. The van der Waals surface area contributed by atoms with E-state index in [1.165, 1.54) is 4.88 Å². The van der Waals surface area contributed by atoms with Crippen LogP contribution in [0.5, 0.6) is 0 Å². The standard InChI is InChI=1S/C15H16N2OS/c1-10(17-9-15-12(16)6-7-19-15)14-8-11-4-2-3-5-13(11)18-14/h2-8,10,17H,9,16H2,1H3. The molecule has 0 bridgehead atoms. The Kier molecular flexibility index (Phi) is 3.27. The van der Waals surface area contributed by atoms with Gasteiger partial charge in [-0.3, -0.25) is 0 Å². The van der Waals surface area contributed by atoms with Crippen LogP contribution in [-0.2, 0) is 6.54 Å². The second-order valence-corrected chi connectivity index (χ2v) is 5.59. The lowest BCUT2D eigenvalue weighted by Gasteiger charge is -2.10. The summed E-state index contributed by atoms with van der Waals surface area (Å²) in [5.74, 6) is 0.955. The summed E-state index contributed by atoms with van der Waals surface area (Å²) < 4.78 is 5.84. The maximum Gasteiger partial charge on any atom is 0.134 e. The van der Waals surface area contributed by atoms with Crippen LogP contribution in [0, 0.1) is 0 Å². The van der Waals surface area contributed by atoms with Crippen molar-refractivity contribution >= 4 is 28.0 Å². The van der Waals surface area contributed by atoms with Crippen molar-refractivity contribution in [2.45, 2.75) is 19.5 Å². The van der Waals surface area contributed by atoms with Gasteiger partial charge in [-0.15, -0.1) is 11.3 Å². The molecule has 2 heterocycles. The van der Waals surface area contributed by atoms with Gasteiger partial charge in [0.15, 0.2) is 0 Å². The molecule has 2 aromatic heterocycles. The normalized spacial score (nSPS) is 12.9. The predicted octanol–water partition coefficient (Wildman–Crippen LogP) is 3.93. The van der Waals surface area contributed by atoms with Crippen molar-refractivity contribution in [3.8, 4) is 0 Å². The summed E-state index contributed by atoms with van der Waals surface area (Å²) in [6.45, 7) is 2.86. The van der Waals surface area contributed by atoms with Crippen LogP contribution in [0.25, 0.3) is 11.0 Å². The number of hydrogen-bond donors (Lipinski definition) is 2. The molecule has 0 spiro atoms. The molecule has 1 atom stereocenters. The second-order valence-electron chi connectivity index (χ2n) is 4.59. The maximum absolute atomic E-state index is 5.87. The summed E-state index contributed by atoms with van der Waals surface area (Å²) in [5.41, 5.74) is 7.66. The van der Waals surface area contributed by atoms with Crippen molar-refractivity contribution in [3.05, 3.63) is 52.4 Å². The van der Waals surface area contributed by atoms with Gasteiger partial charge >= 0.3 is 0 Å². The van der Waals surface area contributed by atoms with Gasteiger partial charge in [0, 0.05) is 22.5 Å². The van der Waals surface area contributed by atoms with E-state index in [9.17, 15) is 0 Å². The highest BCUT2D eigenvalue weighted by Crippen LogP contribution is 2.25. The molecule has 0 saturated heterocycles. The summed E-state index contributed by atoms with van der Waals surface area (Å²) in [7, 11) is 0. The molecule has 1 aromatic carbocycles. The summed E-state index contributed by atoms with van der Waals surface area (Å²) >= 11 is 1.67. The van der Waals surface area contributed by atoms with E-state index in [0.29, 0.717) is 0 Å². The molecule has 19 heavy (non-hydrogen) atoms. The smallest absolute Gasteiger partial charge is 0.134 e. The molecular weight excluding hydrogens is 256 g/mol. The molecule has 0 aliphatic rings. The molecule has 1 unspecified atom stereocenters. The molecule has 0 aliphatic heterocycles. The van der Waals surface area contributed by atoms with Crippen LogP contribution in [0.15, 0.2) is 46.2 Å². The Morgan fingerprint density at radius 1 is 1.32 bits per heavy atom. The third-order valence-electron chi connectivity index (χ3n) is 3.22. The number of nitrogens with two attached hydrogens (primary N) is 1. The first-order valence-corrected chi connectivity index (χ1v) is 7.15. The van der Waals surface area contributed by atoms with Crippen molar-refractivity contribution in [1.82, 2.24) is 5.32 Å². The minimum absolute atomic E-state index is 0.161. The van der Waals surface area contributed by atoms with Crippen LogP contribution in [0.2, 0.25) is 0 Å². The number of anilines is 1. The number of fused-ring (bicyclic) bond motifs is 1. The second kappa shape index (κ2) is 5.07. The Morgan fingerprint density at radius 2 is 2.16 bits per heavy atom. The Morgan fingerprint density at radius 3 is 2.89 bits per heavy atom. The number of rotatable bonds is 4. The summed E-state index contributed by atoms with van der Waals surface area (Å²) in [6, 6.07) is 12.2. The van der Waals surface area contributed by atoms with E-state index in [1.807, 2.05) is 29.6 Å². The number of thiophene rings is 1. The number of nitrogen functional groups attached to an aromatic ring is 1. The molecule has 98 valence electrons. The lowest BCUT2D eigenvalue weighted by atomic mass is 10.2. The van der Waals surface area contributed by atoms with E-state index < -0.39 is 0 Å². The highest BCUT2D eigenvalue weighted by Gasteiger charge is 2.11. The van der Waals surface area contributed by atoms with Crippen LogP contribution < -0.4 is 11.1 Å². The van der Waals surface area contributed by atoms with Gasteiger partial charge in [0.1, 0.15) is 11.3 Å². The van der Waals surface area contributed by atoms with E-state index in [1.54, 1.807) is 11.3 Å². The first-order valence-electron chi connectivity index (χ1n) is 6.28. The van der Waals surface area contributed by atoms with Gasteiger partial charge in [-0.25, -0.2) is 0 Å². The first kappa shape index (κ1) is 12.3. The van der Waals surface area contributed by atoms with Crippen molar-refractivity contribution < 1.29 is 4.42 Å². The molecule has 0 aliphatic carbocycles. The molecular formula is C15H16N2OS. The SMILES string of the molecule is CC(NCc1sccc1N)c1cc2ccccc2o1. The zero-order valence-corrected chi connectivity index (χ0v) is 11.5. The molecule has 4 heteroatoms. The lowest BCUT2D eigenvalue weighted by Crippen LogP contribution is -2.17. The molecule has 0 saturated carbocycles. The third kappa shape index (κ3) is 2.50. The van der Waals surface area contributed by atoms with Gasteiger partial charge in [-0.05, 0) is 30.5 Å². The fourth-order valence-electron chi connectivity index (χ4n) is 2.06. The van der Waals surface area contributed by atoms with E-state index in [-0.39, 0.29) is 6.04 Å². The Bertz CT molecular complexity index is 653. The van der Waals surface area contributed by atoms with Gasteiger partial charge in [-0.1, -0.05) is 18.2 Å². The van der Waals surface area contributed by atoms with Crippen molar-refractivity contribution in [1.29, 1.82) is 0 Å². The number of nitrogens with one attached hydrogen (secondary N) is 1. The van der Waals surface area contributed by atoms with Crippen LogP contribution in [0.3, 0.4) is 0 Å². The fraction of sp³-hybridized carbons (Fsp3) is 0.200. The number of benzene rings is 1. The monoisotopic (exact) mass is 272 g/mol. The summed E-state index contributed by atoms with van der Waals surface area (Å²) in [6.07, 6.45) is 0. The van der Waals surface area contributed by atoms with E-state index in [4.69, 9.17) is 10.2 Å². The molecule has 3 rings (SSSR count). The third-order valence-corrected chi connectivity index (χ3v) is 4.16. The number of para-hydroxylation sites is 1. The molecule has 0 fully saturated rings. The highest BCUT2D eigenvalue weighted by molar-refractivity contribution is 7.10. The zero-order valence-electron chi connectivity index (χ0n) is 10.7. The van der Waals surface area contributed by atoms with Crippen LogP contribution >= 0.6 is 11.3 Å². The Balaban J connectivity index is 1.73. The zero-order chi connectivity index (χ0) is 13.2. The first-order chi connectivity index (χ1) is 9.24. The number of furan rings is 1. The average Bonchev–Trinajstić information content (AvgIpc) is 3.01. The van der Waals surface area contributed by atoms with Gasteiger partial charge in [0.2, 0.25) is 0 Å². The quantitative estimate of drug-likeness (QED) is 0.756. The van der Waals surface area contributed by atoms with E-state index in [0.717, 1.165) is 29.0 Å². The Labute approximate surface area is 116 Å². The van der Waals surface area contributed by atoms with Crippen molar-refractivity contribution in [2.24, 2.45) is 0 Å². The molecule has 3 nitrogen and oxygen atoms in total.